The van der Waals surface area contributed by atoms with E-state index in [4.69, 9.17) is 4.74 Å². The molecule has 4 aromatic rings. The van der Waals surface area contributed by atoms with Gasteiger partial charge in [-0.05, 0) is 40.8 Å². The monoisotopic (exact) mass is 432 g/mol. The van der Waals surface area contributed by atoms with Crippen molar-refractivity contribution in [2.45, 2.75) is 18.8 Å². The van der Waals surface area contributed by atoms with Gasteiger partial charge in [0.05, 0.1) is 5.92 Å². The van der Waals surface area contributed by atoms with E-state index in [0.717, 1.165) is 5.56 Å². The van der Waals surface area contributed by atoms with Crippen LogP contribution < -0.4 is 0 Å². The van der Waals surface area contributed by atoms with Gasteiger partial charge in [0.1, 0.15) is 6.61 Å². The normalized spacial score (nSPS) is 13.1. The molecule has 0 spiro atoms. The third kappa shape index (κ3) is 3.98. The lowest BCUT2D eigenvalue weighted by Crippen LogP contribution is -2.17. The van der Waals surface area contributed by atoms with E-state index >= 15 is 0 Å². The molecule has 1 atom stereocenters. The van der Waals surface area contributed by atoms with Crippen molar-refractivity contribution >= 4 is 11.8 Å². The zero-order valence-corrected chi connectivity index (χ0v) is 18.4. The Hall–Kier alpha value is -3.98. The van der Waals surface area contributed by atoms with Crippen LogP contribution in [0.1, 0.15) is 51.4 Å². The maximum atomic E-state index is 13.0. The lowest BCUT2D eigenvalue weighted by Gasteiger charge is -2.17. The van der Waals surface area contributed by atoms with Gasteiger partial charge in [0, 0.05) is 17.0 Å². The maximum absolute atomic E-state index is 13.0. The van der Waals surface area contributed by atoms with Crippen LogP contribution in [0.4, 0.5) is 0 Å². The molecule has 0 fully saturated rings. The molecule has 0 bridgehead atoms. The molecule has 0 radical (unpaired) electrons. The van der Waals surface area contributed by atoms with Gasteiger partial charge in [-0.25, -0.2) is 0 Å². The summed E-state index contributed by atoms with van der Waals surface area (Å²) in [5.74, 6) is -0.793. The van der Waals surface area contributed by atoms with Crippen LogP contribution in [0, 0.1) is 0 Å². The van der Waals surface area contributed by atoms with Crippen LogP contribution in [0.15, 0.2) is 103 Å². The smallest absolute Gasteiger partial charge is 0.313 e. The van der Waals surface area contributed by atoms with Crippen molar-refractivity contribution in [1.29, 1.82) is 0 Å². The Morgan fingerprint density at radius 3 is 1.97 bits per heavy atom. The van der Waals surface area contributed by atoms with Gasteiger partial charge in [-0.1, -0.05) is 97.1 Å². The van der Waals surface area contributed by atoms with Crippen molar-refractivity contribution in [3.8, 4) is 11.1 Å². The maximum Gasteiger partial charge on any atom is 0.313 e. The minimum absolute atomic E-state index is 0.0274. The number of carbonyl (C=O) groups is 2. The van der Waals surface area contributed by atoms with Crippen molar-refractivity contribution in [2.75, 3.05) is 6.61 Å². The van der Waals surface area contributed by atoms with Crippen molar-refractivity contribution in [3.63, 3.8) is 0 Å². The molecular formula is C30H24O3. The van der Waals surface area contributed by atoms with E-state index in [1.807, 2.05) is 61.5 Å². The Labute approximate surface area is 193 Å². The summed E-state index contributed by atoms with van der Waals surface area (Å²) in [5.41, 5.74) is 6.75. The molecule has 3 heteroatoms. The molecule has 0 aliphatic heterocycles. The van der Waals surface area contributed by atoms with E-state index in [-0.39, 0.29) is 17.7 Å². The average Bonchev–Trinajstić information content (AvgIpc) is 3.20. The number of carbonyl (C=O) groups excluding carboxylic acids is 2. The minimum Gasteiger partial charge on any atom is -0.464 e. The van der Waals surface area contributed by atoms with Crippen LogP contribution >= 0.6 is 0 Å². The van der Waals surface area contributed by atoms with Crippen LogP contribution in [0.5, 0.6) is 0 Å². The van der Waals surface area contributed by atoms with Crippen LogP contribution in [0.3, 0.4) is 0 Å². The first kappa shape index (κ1) is 20.9. The Balaban J connectivity index is 1.32. The Morgan fingerprint density at radius 1 is 0.727 bits per heavy atom. The highest BCUT2D eigenvalue weighted by Crippen LogP contribution is 2.44. The molecular weight excluding hydrogens is 408 g/mol. The standard InChI is InChI=1S/C30H24O3/c1-20(22-12-9-13-23(18-22)29(31)21-10-3-2-4-11-21)30(32)33-19-28-26-16-7-5-14-24(26)25-15-6-8-17-27(25)28/h2-18,20,28H,19H2,1H3/t20-/m0/s1. The van der Waals surface area contributed by atoms with Crippen LogP contribution in [-0.4, -0.2) is 18.4 Å². The number of rotatable bonds is 6. The van der Waals surface area contributed by atoms with Crippen LogP contribution in [0.2, 0.25) is 0 Å². The summed E-state index contributed by atoms with van der Waals surface area (Å²) in [6.07, 6.45) is 0. The third-order valence-electron chi connectivity index (χ3n) is 6.39. The lowest BCUT2D eigenvalue weighted by atomic mass is 9.95. The number of esters is 1. The Kier molecular flexibility index (Phi) is 5.62. The van der Waals surface area contributed by atoms with E-state index in [0.29, 0.717) is 17.7 Å². The van der Waals surface area contributed by atoms with Gasteiger partial charge in [0.15, 0.2) is 5.78 Å². The van der Waals surface area contributed by atoms with E-state index in [1.165, 1.54) is 22.3 Å². The van der Waals surface area contributed by atoms with Crippen molar-refractivity contribution < 1.29 is 14.3 Å². The van der Waals surface area contributed by atoms with Crippen molar-refractivity contribution in [2.24, 2.45) is 0 Å². The molecule has 0 aromatic heterocycles. The SMILES string of the molecule is C[C@H](C(=O)OCC1c2ccccc2-c2ccccc21)c1cccc(C(=O)c2ccccc2)c1. The minimum atomic E-state index is -0.472. The highest BCUT2D eigenvalue weighted by molar-refractivity contribution is 6.09. The topological polar surface area (TPSA) is 43.4 Å². The quantitative estimate of drug-likeness (QED) is 0.262. The average molecular weight is 433 g/mol. The van der Waals surface area contributed by atoms with Gasteiger partial charge in [-0.15, -0.1) is 0 Å². The molecule has 4 aromatic carbocycles. The van der Waals surface area contributed by atoms with E-state index in [9.17, 15) is 9.59 Å². The van der Waals surface area contributed by atoms with E-state index in [1.54, 1.807) is 24.3 Å². The summed E-state index contributed by atoms with van der Waals surface area (Å²) in [6, 6.07) is 33.0. The fraction of sp³-hybridized carbons (Fsp3) is 0.133. The summed E-state index contributed by atoms with van der Waals surface area (Å²) >= 11 is 0. The number of fused-ring (bicyclic) bond motifs is 3. The van der Waals surface area contributed by atoms with Gasteiger partial charge in [-0.2, -0.15) is 0 Å². The predicted molar refractivity (Wildman–Crippen MR) is 129 cm³/mol. The Morgan fingerprint density at radius 2 is 1.30 bits per heavy atom. The van der Waals surface area contributed by atoms with Crippen LogP contribution in [-0.2, 0) is 9.53 Å². The second-order valence-electron chi connectivity index (χ2n) is 8.40. The van der Waals surface area contributed by atoms with Gasteiger partial charge >= 0.3 is 5.97 Å². The molecule has 3 nitrogen and oxygen atoms in total. The van der Waals surface area contributed by atoms with E-state index < -0.39 is 5.92 Å². The summed E-state index contributed by atoms with van der Waals surface area (Å²) in [7, 11) is 0. The number of benzene rings is 4. The largest absolute Gasteiger partial charge is 0.464 e. The first-order valence-electron chi connectivity index (χ1n) is 11.2. The zero-order chi connectivity index (χ0) is 22.8. The first-order valence-corrected chi connectivity index (χ1v) is 11.2. The molecule has 0 saturated heterocycles. The summed E-state index contributed by atoms with van der Waals surface area (Å²) < 4.78 is 5.82. The fourth-order valence-electron chi connectivity index (χ4n) is 4.57. The van der Waals surface area contributed by atoms with Gasteiger partial charge in [-0.3, -0.25) is 9.59 Å². The summed E-state index contributed by atoms with van der Waals surface area (Å²) in [5, 5.41) is 0. The number of hydrogen-bond acceptors (Lipinski definition) is 3. The Bertz CT molecular complexity index is 1280. The van der Waals surface area contributed by atoms with Crippen LogP contribution in [0.25, 0.3) is 11.1 Å². The highest BCUT2D eigenvalue weighted by Gasteiger charge is 2.30. The van der Waals surface area contributed by atoms with Gasteiger partial charge in [0.25, 0.3) is 0 Å². The van der Waals surface area contributed by atoms with Crippen molar-refractivity contribution in [1.82, 2.24) is 0 Å². The molecule has 1 aliphatic carbocycles. The second kappa shape index (κ2) is 8.87. The predicted octanol–water partition coefficient (Wildman–Crippen LogP) is 6.38. The summed E-state index contributed by atoms with van der Waals surface area (Å²) in [4.78, 5) is 25.8. The third-order valence-corrected chi connectivity index (χ3v) is 6.39. The fourth-order valence-corrected chi connectivity index (χ4v) is 4.57. The van der Waals surface area contributed by atoms with Gasteiger partial charge < -0.3 is 4.74 Å². The molecule has 5 rings (SSSR count). The van der Waals surface area contributed by atoms with Gasteiger partial charge in [0.2, 0.25) is 0 Å². The lowest BCUT2D eigenvalue weighted by molar-refractivity contribution is -0.145. The molecule has 0 N–H and O–H groups in total. The zero-order valence-electron chi connectivity index (χ0n) is 18.4. The molecule has 0 amide bonds. The number of ether oxygens (including phenoxy) is 1. The molecule has 162 valence electrons. The molecule has 33 heavy (non-hydrogen) atoms. The second-order valence-corrected chi connectivity index (χ2v) is 8.40. The molecule has 0 saturated carbocycles. The summed E-state index contributed by atoms with van der Waals surface area (Å²) in [6.45, 7) is 2.12. The number of ketones is 1. The molecule has 0 unspecified atom stereocenters. The highest BCUT2D eigenvalue weighted by atomic mass is 16.5. The molecule has 1 aliphatic rings. The van der Waals surface area contributed by atoms with Crippen molar-refractivity contribution in [3.05, 3.63) is 131 Å². The van der Waals surface area contributed by atoms with E-state index in [2.05, 4.69) is 24.3 Å². The first-order chi connectivity index (χ1) is 16.1. The molecule has 0 heterocycles. The number of hydrogen-bond donors (Lipinski definition) is 0.